The van der Waals surface area contributed by atoms with Crippen molar-refractivity contribution >= 4 is 21.6 Å². The number of hydrogen-bond acceptors (Lipinski definition) is 4. The van der Waals surface area contributed by atoms with E-state index in [4.69, 9.17) is 0 Å². The van der Waals surface area contributed by atoms with Gasteiger partial charge in [-0.05, 0) is 30.3 Å². The lowest BCUT2D eigenvalue weighted by molar-refractivity contribution is -0.137. The maximum Gasteiger partial charge on any atom is 0.416 e. The number of nitrogens with one attached hydrogen (secondary N) is 2. The van der Waals surface area contributed by atoms with Crippen LogP contribution < -0.4 is 10.0 Å². The zero-order valence-corrected chi connectivity index (χ0v) is 15.5. The van der Waals surface area contributed by atoms with Gasteiger partial charge in [-0.15, -0.1) is 0 Å². The fourth-order valence-corrected chi connectivity index (χ4v) is 3.51. The van der Waals surface area contributed by atoms with E-state index in [1.54, 1.807) is 41.2 Å². The third-order valence-corrected chi connectivity index (χ3v) is 5.25. The van der Waals surface area contributed by atoms with E-state index >= 15 is 0 Å². The van der Waals surface area contributed by atoms with Crippen LogP contribution >= 0.6 is 0 Å². The molecule has 152 valence electrons. The highest BCUT2D eigenvalue weighted by Crippen LogP contribution is 2.30. The summed E-state index contributed by atoms with van der Waals surface area (Å²) in [6.07, 6.45) is 0.0738. The van der Waals surface area contributed by atoms with E-state index in [2.05, 4.69) is 10.3 Å². The van der Waals surface area contributed by atoms with E-state index in [1.165, 1.54) is 6.33 Å². The highest BCUT2D eigenvalue weighted by molar-refractivity contribution is 7.89. The highest BCUT2D eigenvalue weighted by Gasteiger charge is 2.31. The van der Waals surface area contributed by atoms with E-state index < -0.39 is 39.1 Å². The van der Waals surface area contributed by atoms with Crippen LogP contribution in [0.4, 0.5) is 18.9 Å². The fourth-order valence-electron chi connectivity index (χ4n) is 2.48. The van der Waals surface area contributed by atoms with Gasteiger partial charge in [0.25, 0.3) is 0 Å². The Bertz CT molecular complexity index is 1110. The normalized spacial score (nSPS) is 12.0. The Labute approximate surface area is 164 Å². The zero-order chi connectivity index (χ0) is 21.1. The molecule has 0 unspecified atom stereocenters. The minimum atomic E-state index is -4.68. The maximum absolute atomic E-state index is 12.8. The van der Waals surface area contributed by atoms with Crippen LogP contribution in [0.3, 0.4) is 0 Å². The molecule has 0 spiro atoms. The molecule has 0 saturated heterocycles. The molecule has 11 heteroatoms. The Hall–Kier alpha value is -3.18. The molecule has 2 aromatic carbocycles. The van der Waals surface area contributed by atoms with Crippen molar-refractivity contribution in [3.05, 3.63) is 72.8 Å². The summed E-state index contributed by atoms with van der Waals surface area (Å²) in [6, 6.07) is 10.1. The van der Waals surface area contributed by atoms with Gasteiger partial charge in [0.1, 0.15) is 0 Å². The summed E-state index contributed by atoms with van der Waals surface area (Å²) >= 11 is 0. The predicted octanol–water partition coefficient (Wildman–Crippen LogP) is 2.81. The number of amides is 1. The summed E-state index contributed by atoms with van der Waals surface area (Å²) in [6.45, 7) is -0.656. The number of carbonyl (C=O) groups excluding carboxylic acids is 1. The van der Waals surface area contributed by atoms with Gasteiger partial charge in [0, 0.05) is 12.4 Å². The van der Waals surface area contributed by atoms with E-state index in [1.807, 2.05) is 4.72 Å². The molecular formula is C18H15F3N4O3S. The average Bonchev–Trinajstić information content (AvgIpc) is 3.21. The summed E-state index contributed by atoms with van der Waals surface area (Å²) in [5.41, 5.74) is -0.0769. The van der Waals surface area contributed by atoms with Gasteiger partial charge in [-0.3, -0.25) is 4.79 Å². The highest BCUT2D eigenvalue weighted by atomic mass is 32.2. The zero-order valence-electron chi connectivity index (χ0n) is 14.7. The second-order valence-electron chi connectivity index (χ2n) is 5.89. The van der Waals surface area contributed by atoms with E-state index in [0.29, 0.717) is 17.4 Å². The van der Waals surface area contributed by atoms with Crippen LogP contribution in [-0.4, -0.2) is 30.4 Å². The SMILES string of the molecule is O=C(CNS(=O)(=O)c1cccc(C(F)(F)F)c1)Nc1ccccc1-n1ccnc1. The molecule has 0 bridgehead atoms. The van der Waals surface area contributed by atoms with Crippen LogP contribution in [0.5, 0.6) is 0 Å². The second-order valence-corrected chi connectivity index (χ2v) is 7.65. The summed E-state index contributed by atoms with van der Waals surface area (Å²) in [5, 5.41) is 2.56. The first kappa shape index (κ1) is 20.6. The molecule has 0 fully saturated rings. The fraction of sp³-hybridized carbons (Fsp3) is 0.111. The lowest BCUT2D eigenvalue weighted by atomic mass is 10.2. The van der Waals surface area contributed by atoms with Crippen LogP contribution in [0, 0.1) is 0 Å². The predicted molar refractivity (Wildman–Crippen MR) is 98.8 cm³/mol. The molecule has 3 aromatic rings. The van der Waals surface area contributed by atoms with Gasteiger partial charge in [-0.2, -0.15) is 13.2 Å². The van der Waals surface area contributed by atoms with Crippen molar-refractivity contribution in [2.75, 3.05) is 11.9 Å². The summed E-state index contributed by atoms with van der Waals surface area (Å²) in [5.74, 6) is -0.687. The largest absolute Gasteiger partial charge is 0.416 e. The lowest BCUT2D eigenvalue weighted by Gasteiger charge is -2.13. The quantitative estimate of drug-likeness (QED) is 0.637. The third-order valence-electron chi connectivity index (χ3n) is 3.86. The first-order chi connectivity index (χ1) is 13.7. The molecule has 1 amide bonds. The second kappa shape index (κ2) is 8.05. The van der Waals surface area contributed by atoms with Crippen LogP contribution in [0.15, 0.2) is 72.1 Å². The summed E-state index contributed by atoms with van der Waals surface area (Å²) < 4.78 is 66.5. The van der Waals surface area contributed by atoms with Crippen LogP contribution in [0.25, 0.3) is 5.69 Å². The van der Waals surface area contributed by atoms with Gasteiger partial charge in [-0.25, -0.2) is 18.1 Å². The molecule has 0 saturated carbocycles. The molecule has 0 radical (unpaired) electrons. The van der Waals surface area contributed by atoms with Crippen molar-refractivity contribution in [2.24, 2.45) is 0 Å². The Morgan fingerprint density at radius 3 is 2.55 bits per heavy atom. The minimum Gasteiger partial charge on any atom is -0.323 e. The minimum absolute atomic E-state index is 0.411. The number of halogens is 3. The average molecular weight is 424 g/mol. The number of hydrogen-bond donors (Lipinski definition) is 2. The van der Waals surface area contributed by atoms with E-state index in [9.17, 15) is 26.4 Å². The molecule has 2 N–H and O–H groups in total. The number of sulfonamides is 1. The molecule has 1 heterocycles. The molecule has 7 nitrogen and oxygen atoms in total. The van der Waals surface area contributed by atoms with Crippen molar-refractivity contribution in [1.82, 2.24) is 14.3 Å². The van der Waals surface area contributed by atoms with Gasteiger partial charge in [0.15, 0.2) is 0 Å². The van der Waals surface area contributed by atoms with Crippen LogP contribution in [-0.2, 0) is 21.0 Å². The molecule has 0 aliphatic rings. The smallest absolute Gasteiger partial charge is 0.323 e. The van der Waals surface area contributed by atoms with Crippen molar-refractivity contribution < 1.29 is 26.4 Å². The number of aromatic nitrogens is 2. The van der Waals surface area contributed by atoms with Crippen molar-refractivity contribution in [2.45, 2.75) is 11.1 Å². The molecule has 29 heavy (non-hydrogen) atoms. The monoisotopic (exact) mass is 424 g/mol. The first-order valence-corrected chi connectivity index (χ1v) is 9.69. The van der Waals surface area contributed by atoms with Gasteiger partial charge < -0.3 is 9.88 Å². The number of para-hydroxylation sites is 2. The van der Waals surface area contributed by atoms with Gasteiger partial charge >= 0.3 is 6.18 Å². The van der Waals surface area contributed by atoms with Gasteiger partial charge in [0.05, 0.1) is 34.7 Å². The third kappa shape index (κ3) is 5.00. The van der Waals surface area contributed by atoms with Crippen LogP contribution in [0.1, 0.15) is 5.56 Å². The standard InChI is InChI=1S/C18H15F3N4O3S/c19-18(20,21)13-4-3-5-14(10-13)29(27,28)23-11-17(26)24-15-6-1-2-7-16(15)25-9-8-22-12-25/h1-10,12,23H,11H2,(H,24,26). The van der Waals surface area contributed by atoms with Crippen molar-refractivity contribution in [3.63, 3.8) is 0 Å². The first-order valence-electron chi connectivity index (χ1n) is 8.21. The van der Waals surface area contributed by atoms with Crippen molar-refractivity contribution in [1.29, 1.82) is 0 Å². The molecule has 0 atom stereocenters. The molecule has 0 aliphatic heterocycles. The Morgan fingerprint density at radius 2 is 1.86 bits per heavy atom. The summed E-state index contributed by atoms with van der Waals surface area (Å²) in [4.78, 5) is 15.5. The molecular weight excluding hydrogens is 409 g/mol. The number of anilines is 1. The van der Waals surface area contributed by atoms with E-state index in [-0.39, 0.29) is 0 Å². The molecule has 1 aromatic heterocycles. The Morgan fingerprint density at radius 1 is 1.10 bits per heavy atom. The van der Waals surface area contributed by atoms with E-state index in [0.717, 1.165) is 18.2 Å². The Balaban J connectivity index is 1.70. The topological polar surface area (TPSA) is 93.1 Å². The number of alkyl halides is 3. The lowest BCUT2D eigenvalue weighted by Crippen LogP contribution is -2.33. The number of nitrogens with zero attached hydrogens (tertiary/aromatic N) is 2. The maximum atomic E-state index is 12.8. The number of carbonyl (C=O) groups is 1. The van der Waals surface area contributed by atoms with Gasteiger partial charge in [0.2, 0.25) is 15.9 Å². The Kier molecular flexibility index (Phi) is 5.71. The number of benzene rings is 2. The van der Waals surface area contributed by atoms with Crippen LogP contribution in [0.2, 0.25) is 0 Å². The number of imidazole rings is 1. The number of rotatable bonds is 6. The molecule has 3 rings (SSSR count). The summed E-state index contributed by atoms with van der Waals surface area (Å²) in [7, 11) is -4.31. The molecule has 0 aliphatic carbocycles. The van der Waals surface area contributed by atoms with Gasteiger partial charge in [-0.1, -0.05) is 18.2 Å². The van der Waals surface area contributed by atoms with Crippen molar-refractivity contribution in [3.8, 4) is 5.69 Å².